The standard InChI is InChI=1S/C23H29N3O6/c1-15-19(23(29)32-13-12-30-3)16(2)24-20(15)22(28)26-10-8-25(9-11-26)21(27)17-6-5-7-18(14-17)31-4/h5-7,14,24H,8-13H2,1-4H3. The van der Waals surface area contributed by atoms with Crippen LogP contribution < -0.4 is 4.74 Å². The molecule has 172 valence electrons. The predicted molar refractivity (Wildman–Crippen MR) is 117 cm³/mol. The van der Waals surface area contributed by atoms with Crippen LogP contribution in [0.2, 0.25) is 0 Å². The van der Waals surface area contributed by atoms with Gasteiger partial charge in [0, 0.05) is 44.5 Å². The Balaban J connectivity index is 1.65. The summed E-state index contributed by atoms with van der Waals surface area (Å²) >= 11 is 0. The van der Waals surface area contributed by atoms with Gasteiger partial charge in [0.1, 0.15) is 18.1 Å². The molecule has 2 amide bonds. The highest BCUT2D eigenvalue weighted by Crippen LogP contribution is 2.22. The minimum atomic E-state index is -0.485. The van der Waals surface area contributed by atoms with E-state index in [1.165, 1.54) is 7.11 Å². The third-order valence-electron chi connectivity index (χ3n) is 5.55. The maximum Gasteiger partial charge on any atom is 0.340 e. The molecular formula is C23H29N3O6. The first-order valence-corrected chi connectivity index (χ1v) is 10.4. The van der Waals surface area contributed by atoms with Gasteiger partial charge in [-0.15, -0.1) is 0 Å². The molecule has 32 heavy (non-hydrogen) atoms. The number of rotatable bonds is 7. The second-order valence-corrected chi connectivity index (χ2v) is 7.57. The van der Waals surface area contributed by atoms with Crippen LogP contribution in [0.3, 0.4) is 0 Å². The van der Waals surface area contributed by atoms with E-state index in [0.29, 0.717) is 66.6 Å². The average molecular weight is 444 g/mol. The van der Waals surface area contributed by atoms with E-state index in [4.69, 9.17) is 14.2 Å². The van der Waals surface area contributed by atoms with Crippen LogP contribution in [0.25, 0.3) is 0 Å². The number of carbonyl (C=O) groups is 3. The van der Waals surface area contributed by atoms with E-state index in [1.54, 1.807) is 55.0 Å². The van der Waals surface area contributed by atoms with Crippen molar-refractivity contribution >= 4 is 17.8 Å². The Morgan fingerprint density at radius 2 is 1.62 bits per heavy atom. The number of hydrogen-bond donors (Lipinski definition) is 1. The molecule has 0 radical (unpaired) electrons. The monoisotopic (exact) mass is 443 g/mol. The van der Waals surface area contributed by atoms with E-state index in [-0.39, 0.29) is 18.4 Å². The molecule has 1 aliphatic rings. The van der Waals surface area contributed by atoms with E-state index in [1.807, 2.05) is 0 Å². The second-order valence-electron chi connectivity index (χ2n) is 7.57. The van der Waals surface area contributed by atoms with E-state index < -0.39 is 5.97 Å². The van der Waals surface area contributed by atoms with Gasteiger partial charge in [-0.05, 0) is 37.6 Å². The highest BCUT2D eigenvalue weighted by Gasteiger charge is 2.29. The smallest absolute Gasteiger partial charge is 0.340 e. The Morgan fingerprint density at radius 1 is 0.969 bits per heavy atom. The summed E-state index contributed by atoms with van der Waals surface area (Å²) in [6, 6.07) is 7.02. The number of ether oxygens (including phenoxy) is 3. The van der Waals surface area contributed by atoms with Crippen LogP contribution in [0, 0.1) is 13.8 Å². The number of piperazine rings is 1. The highest BCUT2D eigenvalue weighted by atomic mass is 16.6. The van der Waals surface area contributed by atoms with Gasteiger partial charge in [0.25, 0.3) is 11.8 Å². The van der Waals surface area contributed by atoms with Gasteiger partial charge in [0.05, 0.1) is 19.3 Å². The third kappa shape index (κ3) is 4.94. The van der Waals surface area contributed by atoms with Crippen LogP contribution in [0.5, 0.6) is 5.75 Å². The quantitative estimate of drug-likeness (QED) is 0.519. The van der Waals surface area contributed by atoms with Gasteiger partial charge in [-0.2, -0.15) is 0 Å². The lowest BCUT2D eigenvalue weighted by molar-refractivity contribution is 0.0386. The molecule has 0 bridgehead atoms. The lowest BCUT2D eigenvalue weighted by Gasteiger charge is -2.34. The van der Waals surface area contributed by atoms with Gasteiger partial charge in [0.15, 0.2) is 0 Å². The van der Waals surface area contributed by atoms with Crippen molar-refractivity contribution in [2.24, 2.45) is 0 Å². The molecule has 0 spiro atoms. The Kier molecular flexibility index (Phi) is 7.53. The molecule has 1 saturated heterocycles. The SMILES string of the molecule is COCCOC(=O)c1c(C)[nH]c(C(=O)N2CCN(C(=O)c3cccc(OC)c3)CC2)c1C. The molecule has 3 rings (SSSR count). The molecule has 1 aliphatic heterocycles. The number of methoxy groups -OCH3 is 2. The molecular weight excluding hydrogens is 414 g/mol. The average Bonchev–Trinajstić information content (AvgIpc) is 3.12. The van der Waals surface area contributed by atoms with Crippen molar-refractivity contribution in [3.63, 3.8) is 0 Å². The van der Waals surface area contributed by atoms with Gasteiger partial charge in [-0.1, -0.05) is 6.07 Å². The molecule has 9 nitrogen and oxygen atoms in total. The first kappa shape index (κ1) is 23.3. The molecule has 9 heteroatoms. The fourth-order valence-corrected chi connectivity index (χ4v) is 3.77. The summed E-state index contributed by atoms with van der Waals surface area (Å²) in [5.74, 6) is -0.154. The Bertz CT molecular complexity index is 992. The molecule has 0 unspecified atom stereocenters. The lowest BCUT2D eigenvalue weighted by Crippen LogP contribution is -2.50. The van der Waals surface area contributed by atoms with Crippen LogP contribution in [0.4, 0.5) is 0 Å². The van der Waals surface area contributed by atoms with Crippen molar-refractivity contribution in [2.75, 3.05) is 53.6 Å². The zero-order valence-corrected chi connectivity index (χ0v) is 18.9. The number of hydrogen-bond acceptors (Lipinski definition) is 6. The maximum atomic E-state index is 13.1. The second kappa shape index (κ2) is 10.3. The molecule has 1 aromatic heterocycles. The Morgan fingerprint density at radius 3 is 2.25 bits per heavy atom. The number of esters is 1. The van der Waals surface area contributed by atoms with Crippen LogP contribution in [-0.2, 0) is 9.47 Å². The number of amides is 2. The molecule has 0 saturated carbocycles. The summed E-state index contributed by atoms with van der Waals surface area (Å²) in [7, 11) is 3.09. The minimum absolute atomic E-state index is 0.0935. The summed E-state index contributed by atoms with van der Waals surface area (Å²) in [4.78, 5) is 44.7. The summed E-state index contributed by atoms with van der Waals surface area (Å²) in [6.07, 6.45) is 0. The Hall–Kier alpha value is -3.33. The number of aromatic amines is 1. The maximum absolute atomic E-state index is 13.1. The minimum Gasteiger partial charge on any atom is -0.497 e. The molecule has 0 atom stereocenters. The van der Waals surface area contributed by atoms with Gasteiger partial charge in [-0.3, -0.25) is 9.59 Å². The fraction of sp³-hybridized carbons (Fsp3) is 0.435. The Labute approximate surface area is 187 Å². The summed E-state index contributed by atoms with van der Waals surface area (Å²) in [6.45, 7) is 5.57. The van der Waals surface area contributed by atoms with Gasteiger partial charge < -0.3 is 29.0 Å². The number of aryl methyl sites for hydroxylation is 1. The molecule has 1 fully saturated rings. The van der Waals surface area contributed by atoms with Crippen LogP contribution in [0.1, 0.15) is 42.5 Å². The molecule has 2 aromatic rings. The number of aromatic nitrogens is 1. The highest BCUT2D eigenvalue weighted by molar-refractivity contribution is 6.01. The third-order valence-corrected chi connectivity index (χ3v) is 5.55. The zero-order valence-electron chi connectivity index (χ0n) is 18.9. The van der Waals surface area contributed by atoms with E-state index in [2.05, 4.69) is 4.98 Å². The largest absolute Gasteiger partial charge is 0.497 e. The van der Waals surface area contributed by atoms with Crippen molar-refractivity contribution in [2.45, 2.75) is 13.8 Å². The van der Waals surface area contributed by atoms with Gasteiger partial charge >= 0.3 is 5.97 Å². The fourth-order valence-electron chi connectivity index (χ4n) is 3.77. The number of nitrogens with zero attached hydrogens (tertiary/aromatic N) is 2. The molecule has 1 aromatic carbocycles. The first-order valence-electron chi connectivity index (χ1n) is 10.4. The van der Waals surface area contributed by atoms with E-state index in [9.17, 15) is 14.4 Å². The molecule has 0 aliphatic carbocycles. The first-order chi connectivity index (χ1) is 15.4. The summed E-state index contributed by atoms with van der Waals surface area (Å²) < 4.78 is 15.3. The predicted octanol–water partition coefficient (Wildman–Crippen LogP) is 2.04. The van der Waals surface area contributed by atoms with Crippen LogP contribution in [0.15, 0.2) is 24.3 Å². The molecule has 2 heterocycles. The van der Waals surface area contributed by atoms with Crippen LogP contribution in [-0.4, -0.2) is 86.2 Å². The number of benzene rings is 1. The zero-order chi connectivity index (χ0) is 23.3. The van der Waals surface area contributed by atoms with Crippen molar-refractivity contribution in [1.82, 2.24) is 14.8 Å². The van der Waals surface area contributed by atoms with E-state index >= 15 is 0 Å². The van der Waals surface area contributed by atoms with Crippen molar-refractivity contribution in [3.05, 3.63) is 52.3 Å². The van der Waals surface area contributed by atoms with E-state index in [0.717, 1.165) is 0 Å². The number of nitrogens with one attached hydrogen (secondary N) is 1. The van der Waals surface area contributed by atoms with Crippen molar-refractivity contribution < 1.29 is 28.6 Å². The van der Waals surface area contributed by atoms with Crippen LogP contribution >= 0.6 is 0 Å². The van der Waals surface area contributed by atoms with Gasteiger partial charge in [-0.25, -0.2) is 4.79 Å². The molecule has 1 N–H and O–H groups in total. The lowest BCUT2D eigenvalue weighted by atomic mass is 10.1. The topological polar surface area (TPSA) is 101 Å². The van der Waals surface area contributed by atoms with Crippen molar-refractivity contribution in [1.29, 1.82) is 0 Å². The van der Waals surface area contributed by atoms with Crippen molar-refractivity contribution in [3.8, 4) is 5.75 Å². The number of carbonyl (C=O) groups excluding carboxylic acids is 3. The summed E-state index contributed by atoms with van der Waals surface area (Å²) in [5.41, 5.74) is 2.44. The normalized spacial score (nSPS) is 13.8. The number of H-pyrrole nitrogens is 1. The summed E-state index contributed by atoms with van der Waals surface area (Å²) in [5, 5.41) is 0. The van der Waals surface area contributed by atoms with Gasteiger partial charge in [0.2, 0.25) is 0 Å².